The first-order valence-electron chi connectivity index (χ1n) is 8.37. The Morgan fingerprint density at radius 2 is 2.00 bits per heavy atom. The van der Waals surface area contributed by atoms with Crippen LogP contribution in [0.2, 0.25) is 0 Å². The summed E-state index contributed by atoms with van der Waals surface area (Å²) in [6.07, 6.45) is 1.25. The second-order valence-corrected chi connectivity index (χ2v) is 9.70. The molecule has 6 nitrogen and oxygen atoms in total. The Labute approximate surface area is 156 Å². The zero-order valence-electron chi connectivity index (χ0n) is 14.3. The molecule has 0 bridgehead atoms. The summed E-state index contributed by atoms with van der Waals surface area (Å²) in [6.45, 7) is 0.692. The minimum atomic E-state index is -3.46. The lowest BCUT2D eigenvalue weighted by Crippen LogP contribution is -2.52. The van der Waals surface area contributed by atoms with Gasteiger partial charge in [0.25, 0.3) is 10.0 Å². The first-order chi connectivity index (χ1) is 12.4. The van der Waals surface area contributed by atoms with E-state index in [0.29, 0.717) is 47.2 Å². The molecule has 0 saturated carbocycles. The van der Waals surface area contributed by atoms with E-state index in [2.05, 4.69) is 0 Å². The zero-order chi connectivity index (χ0) is 18.4. The highest BCUT2D eigenvalue weighted by Gasteiger charge is 2.45. The molecule has 0 aliphatic carbocycles. The Morgan fingerprint density at radius 1 is 1.23 bits per heavy atom. The summed E-state index contributed by atoms with van der Waals surface area (Å²) in [5.41, 5.74) is -0.0937. The molecule has 1 saturated heterocycles. The van der Waals surface area contributed by atoms with E-state index in [1.165, 1.54) is 15.6 Å². The second kappa shape index (κ2) is 6.37. The van der Waals surface area contributed by atoms with Crippen LogP contribution in [-0.4, -0.2) is 44.3 Å². The number of methoxy groups -OCH3 is 1. The number of Topliss-reactive ketones (excluding diaryl/α,β-unsaturated/α-hetero) is 1. The van der Waals surface area contributed by atoms with Gasteiger partial charge in [-0.1, -0.05) is 6.07 Å². The van der Waals surface area contributed by atoms with Crippen LogP contribution in [0.5, 0.6) is 11.5 Å². The highest BCUT2D eigenvalue weighted by atomic mass is 32.2. The molecule has 2 aliphatic rings. The van der Waals surface area contributed by atoms with Crippen LogP contribution in [0.25, 0.3) is 0 Å². The zero-order valence-corrected chi connectivity index (χ0v) is 15.9. The molecule has 4 rings (SSSR count). The first-order valence-corrected chi connectivity index (χ1v) is 10.7. The largest absolute Gasteiger partial charge is 0.497 e. The molecular formula is C18H19NO5S2. The molecular weight excluding hydrogens is 374 g/mol. The van der Waals surface area contributed by atoms with Gasteiger partial charge >= 0.3 is 0 Å². The van der Waals surface area contributed by atoms with E-state index in [1.54, 1.807) is 42.8 Å². The average molecular weight is 393 g/mol. The van der Waals surface area contributed by atoms with Gasteiger partial charge in [0, 0.05) is 25.9 Å². The molecule has 2 aromatic rings. The Morgan fingerprint density at radius 3 is 2.65 bits per heavy atom. The van der Waals surface area contributed by atoms with Gasteiger partial charge < -0.3 is 9.47 Å². The van der Waals surface area contributed by atoms with Crippen LogP contribution in [0.1, 0.15) is 29.6 Å². The van der Waals surface area contributed by atoms with E-state index in [0.717, 1.165) is 0 Å². The number of hydrogen-bond acceptors (Lipinski definition) is 6. The second-order valence-electron chi connectivity index (χ2n) is 6.58. The lowest BCUT2D eigenvalue weighted by Gasteiger charge is -2.43. The first kappa shape index (κ1) is 17.5. The van der Waals surface area contributed by atoms with Gasteiger partial charge in [0.2, 0.25) is 0 Å². The van der Waals surface area contributed by atoms with Crippen molar-refractivity contribution in [1.29, 1.82) is 0 Å². The van der Waals surface area contributed by atoms with Gasteiger partial charge in [0.05, 0.1) is 19.1 Å². The van der Waals surface area contributed by atoms with Crippen LogP contribution < -0.4 is 9.47 Å². The molecule has 1 fully saturated rings. The van der Waals surface area contributed by atoms with Crippen molar-refractivity contribution in [3.63, 3.8) is 0 Å². The van der Waals surface area contributed by atoms with Gasteiger partial charge in [-0.2, -0.15) is 4.31 Å². The number of benzene rings is 1. The fourth-order valence-electron chi connectivity index (χ4n) is 3.55. The summed E-state index contributed by atoms with van der Waals surface area (Å²) < 4.78 is 38.5. The third kappa shape index (κ3) is 2.91. The number of ketones is 1. The van der Waals surface area contributed by atoms with E-state index in [9.17, 15) is 13.2 Å². The number of fused-ring (bicyclic) bond motifs is 1. The summed E-state index contributed by atoms with van der Waals surface area (Å²) in [5.74, 6) is 1.19. The highest BCUT2D eigenvalue weighted by molar-refractivity contribution is 7.91. The number of carbonyl (C=O) groups is 1. The molecule has 3 heterocycles. The van der Waals surface area contributed by atoms with Crippen LogP contribution in [0, 0.1) is 0 Å². The quantitative estimate of drug-likeness (QED) is 0.802. The summed E-state index contributed by atoms with van der Waals surface area (Å²) in [4.78, 5) is 12.6. The molecule has 8 heteroatoms. The minimum absolute atomic E-state index is 0.0136. The molecule has 1 aromatic heterocycles. The van der Waals surface area contributed by atoms with Gasteiger partial charge in [0.1, 0.15) is 21.3 Å². The van der Waals surface area contributed by atoms with Crippen molar-refractivity contribution in [3.8, 4) is 11.5 Å². The van der Waals surface area contributed by atoms with Crippen molar-refractivity contribution in [3.05, 3.63) is 41.3 Å². The molecule has 1 spiro atoms. The van der Waals surface area contributed by atoms with Crippen molar-refractivity contribution in [2.24, 2.45) is 0 Å². The summed E-state index contributed by atoms with van der Waals surface area (Å²) >= 11 is 1.22. The van der Waals surface area contributed by atoms with Crippen molar-refractivity contribution in [2.75, 3.05) is 20.2 Å². The van der Waals surface area contributed by atoms with Crippen molar-refractivity contribution in [2.45, 2.75) is 29.1 Å². The van der Waals surface area contributed by atoms with Crippen LogP contribution in [-0.2, 0) is 10.0 Å². The van der Waals surface area contributed by atoms with Crippen molar-refractivity contribution in [1.82, 2.24) is 4.31 Å². The molecule has 0 N–H and O–H groups in total. The van der Waals surface area contributed by atoms with Crippen LogP contribution >= 0.6 is 11.3 Å². The van der Waals surface area contributed by atoms with E-state index < -0.39 is 15.6 Å². The van der Waals surface area contributed by atoms with Crippen molar-refractivity contribution < 1.29 is 22.7 Å². The molecule has 26 heavy (non-hydrogen) atoms. The molecule has 0 radical (unpaired) electrons. The predicted octanol–water partition coefficient (Wildman–Crippen LogP) is 2.95. The number of ether oxygens (including phenoxy) is 2. The number of rotatable bonds is 3. The van der Waals surface area contributed by atoms with Crippen LogP contribution in [0.4, 0.5) is 0 Å². The fourth-order valence-corrected chi connectivity index (χ4v) is 6.14. The maximum atomic E-state index is 12.7. The summed E-state index contributed by atoms with van der Waals surface area (Å²) in [6, 6.07) is 8.57. The number of carbonyl (C=O) groups excluding carboxylic acids is 1. The third-order valence-corrected chi connectivity index (χ3v) is 8.29. The van der Waals surface area contributed by atoms with Gasteiger partial charge in [0.15, 0.2) is 5.78 Å². The van der Waals surface area contributed by atoms with Crippen LogP contribution in [0.3, 0.4) is 0 Å². The van der Waals surface area contributed by atoms with E-state index in [-0.39, 0.29) is 12.2 Å². The molecule has 138 valence electrons. The molecule has 0 unspecified atom stereocenters. The Balaban J connectivity index is 1.53. The fraction of sp³-hybridized carbons (Fsp3) is 0.389. The van der Waals surface area contributed by atoms with Crippen LogP contribution in [0.15, 0.2) is 39.9 Å². The smallest absolute Gasteiger partial charge is 0.252 e. The van der Waals surface area contributed by atoms with E-state index >= 15 is 0 Å². The molecule has 1 aromatic carbocycles. The van der Waals surface area contributed by atoms with Crippen molar-refractivity contribution >= 4 is 27.1 Å². The SMILES string of the molecule is COc1ccc2c(c1)C(=O)CC1(CCN(S(=O)(=O)c3cccs3)CC1)O2. The van der Waals surface area contributed by atoms with Gasteiger partial charge in [-0.3, -0.25) is 4.79 Å². The standard InChI is InChI=1S/C18H19NO5S2/c1-23-13-4-5-16-14(11-13)15(20)12-18(24-16)6-8-19(9-7-18)26(21,22)17-3-2-10-25-17/h2-5,10-11H,6-9,12H2,1H3. The van der Waals surface area contributed by atoms with Gasteiger partial charge in [-0.15, -0.1) is 11.3 Å². The predicted molar refractivity (Wildman–Crippen MR) is 97.6 cm³/mol. The maximum Gasteiger partial charge on any atom is 0.252 e. The summed E-state index contributed by atoms with van der Waals surface area (Å²) in [5, 5.41) is 1.76. The number of hydrogen-bond donors (Lipinski definition) is 0. The Kier molecular flexibility index (Phi) is 4.29. The third-order valence-electron chi connectivity index (χ3n) is 5.02. The lowest BCUT2D eigenvalue weighted by molar-refractivity contribution is 0.00586. The number of thiophene rings is 1. The minimum Gasteiger partial charge on any atom is -0.497 e. The average Bonchev–Trinajstić information content (AvgIpc) is 3.17. The van der Waals surface area contributed by atoms with E-state index in [1.807, 2.05) is 0 Å². The molecule has 0 amide bonds. The van der Waals surface area contributed by atoms with Gasteiger partial charge in [-0.05, 0) is 29.6 Å². The normalized spacial score (nSPS) is 19.8. The topological polar surface area (TPSA) is 72.9 Å². The Bertz CT molecular complexity index is 928. The lowest BCUT2D eigenvalue weighted by atomic mass is 9.83. The summed E-state index contributed by atoms with van der Waals surface area (Å²) in [7, 11) is -1.91. The van der Waals surface area contributed by atoms with Gasteiger partial charge in [-0.25, -0.2) is 8.42 Å². The maximum absolute atomic E-state index is 12.7. The monoisotopic (exact) mass is 393 g/mol. The number of piperidine rings is 1. The number of nitrogens with zero attached hydrogens (tertiary/aromatic N) is 1. The Hall–Kier alpha value is -1.90. The molecule has 0 atom stereocenters. The number of sulfonamides is 1. The molecule has 2 aliphatic heterocycles. The van der Waals surface area contributed by atoms with E-state index in [4.69, 9.17) is 9.47 Å². The highest BCUT2D eigenvalue weighted by Crippen LogP contribution is 2.41.